The number of halogens is 1. The number of rotatable bonds is 11. The molecular formula is C22H35IN4O2. The van der Waals surface area contributed by atoms with Gasteiger partial charge in [0.1, 0.15) is 0 Å². The van der Waals surface area contributed by atoms with Crippen LogP contribution in [0.25, 0.3) is 0 Å². The van der Waals surface area contributed by atoms with Crippen molar-refractivity contribution in [2.75, 3.05) is 32.8 Å². The molecule has 2 N–H and O–H groups in total. The number of hydrogen-bond acceptors (Lipinski definition) is 3. The summed E-state index contributed by atoms with van der Waals surface area (Å²) >= 11 is 0. The molecule has 2 aliphatic rings. The lowest BCUT2D eigenvalue weighted by Crippen LogP contribution is -2.38. The second-order valence-electron chi connectivity index (χ2n) is 7.73. The normalized spacial score (nSPS) is 16.7. The first-order chi connectivity index (χ1) is 13.7. The fourth-order valence-electron chi connectivity index (χ4n) is 3.27. The van der Waals surface area contributed by atoms with Gasteiger partial charge in [-0.3, -0.25) is 4.79 Å². The zero-order valence-corrected chi connectivity index (χ0v) is 19.8. The van der Waals surface area contributed by atoms with Crippen LogP contribution in [0.3, 0.4) is 0 Å². The third-order valence-electron chi connectivity index (χ3n) is 5.14. The fourth-order valence-corrected chi connectivity index (χ4v) is 3.27. The minimum Gasteiger partial charge on any atom is -0.381 e. The number of amides is 1. The first kappa shape index (κ1) is 23.9. The number of benzene rings is 1. The summed E-state index contributed by atoms with van der Waals surface area (Å²) in [6, 6.07) is 8.42. The molecule has 0 unspecified atom stereocenters. The maximum atomic E-state index is 11.7. The lowest BCUT2D eigenvalue weighted by molar-refractivity contribution is -0.128. The summed E-state index contributed by atoms with van der Waals surface area (Å²) in [4.78, 5) is 18.4. The van der Waals surface area contributed by atoms with Crippen LogP contribution >= 0.6 is 24.0 Å². The molecule has 29 heavy (non-hydrogen) atoms. The van der Waals surface area contributed by atoms with Crippen LogP contribution < -0.4 is 10.6 Å². The highest BCUT2D eigenvalue weighted by atomic mass is 127. The van der Waals surface area contributed by atoms with E-state index >= 15 is 0 Å². The summed E-state index contributed by atoms with van der Waals surface area (Å²) in [5.74, 6) is 1.94. The van der Waals surface area contributed by atoms with Crippen LogP contribution in [-0.2, 0) is 22.6 Å². The highest BCUT2D eigenvalue weighted by molar-refractivity contribution is 14.0. The highest BCUT2D eigenvalue weighted by Gasteiger charge is 2.21. The molecule has 1 amide bonds. The second kappa shape index (κ2) is 13.1. The average Bonchev–Trinajstić information content (AvgIpc) is 3.45. The Morgan fingerprint density at radius 1 is 1.21 bits per heavy atom. The van der Waals surface area contributed by atoms with Crippen LogP contribution in [0, 0.1) is 5.92 Å². The molecular weight excluding hydrogens is 479 g/mol. The first-order valence-corrected chi connectivity index (χ1v) is 10.7. The number of guanidine groups is 1. The Labute approximate surface area is 191 Å². The summed E-state index contributed by atoms with van der Waals surface area (Å²) in [5, 5.41) is 6.66. The lowest BCUT2D eigenvalue weighted by atomic mass is 10.1. The molecule has 1 aromatic rings. The highest BCUT2D eigenvalue weighted by Crippen LogP contribution is 2.28. The van der Waals surface area contributed by atoms with Gasteiger partial charge in [-0.25, -0.2) is 4.99 Å². The maximum absolute atomic E-state index is 11.7. The summed E-state index contributed by atoms with van der Waals surface area (Å²) in [5.41, 5.74) is 2.35. The molecule has 1 heterocycles. The SMILES string of the molecule is CCNC(=NCc1ccc(CN2CCCC2=O)cc1)NCCCOCC1CC1.I. The minimum atomic E-state index is 0. The summed E-state index contributed by atoms with van der Waals surface area (Å²) < 4.78 is 5.67. The van der Waals surface area contributed by atoms with Crippen LogP contribution in [-0.4, -0.2) is 49.6 Å². The molecule has 0 atom stereocenters. The van der Waals surface area contributed by atoms with Gasteiger partial charge in [0.2, 0.25) is 5.91 Å². The van der Waals surface area contributed by atoms with Crippen molar-refractivity contribution in [1.82, 2.24) is 15.5 Å². The van der Waals surface area contributed by atoms with E-state index in [0.717, 1.165) is 64.1 Å². The standard InChI is InChI=1S/C22H34N4O2.HI/c1-2-23-22(24-12-4-14-28-17-20-10-11-20)25-15-18-6-8-19(9-7-18)16-26-13-3-5-21(26)27;/h6-9,20H,2-5,10-17H2,1H3,(H2,23,24,25);1H. The number of nitrogens with one attached hydrogen (secondary N) is 2. The zero-order valence-electron chi connectivity index (χ0n) is 17.5. The van der Waals surface area contributed by atoms with Gasteiger partial charge in [-0.05, 0) is 49.7 Å². The van der Waals surface area contributed by atoms with Gasteiger partial charge in [0.25, 0.3) is 0 Å². The van der Waals surface area contributed by atoms with Crippen molar-refractivity contribution in [2.24, 2.45) is 10.9 Å². The van der Waals surface area contributed by atoms with E-state index in [1.807, 2.05) is 4.90 Å². The van der Waals surface area contributed by atoms with Gasteiger partial charge in [-0.1, -0.05) is 24.3 Å². The molecule has 1 aromatic carbocycles. The third-order valence-corrected chi connectivity index (χ3v) is 5.14. The van der Waals surface area contributed by atoms with Crippen LogP contribution in [0.1, 0.15) is 50.2 Å². The Hall–Kier alpha value is -1.35. The van der Waals surface area contributed by atoms with Crippen LogP contribution in [0.2, 0.25) is 0 Å². The second-order valence-corrected chi connectivity index (χ2v) is 7.73. The van der Waals surface area contributed by atoms with Crippen molar-refractivity contribution in [1.29, 1.82) is 0 Å². The van der Waals surface area contributed by atoms with Crippen LogP contribution in [0.15, 0.2) is 29.3 Å². The Morgan fingerprint density at radius 2 is 1.97 bits per heavy atom. The smallest absolute Gasteiger partial charge is 0.222 e. The quantitative estimate of drug-likeness (QED) is 0.206. The van der Waals surface area contributed by atoms with E-state index < -0.39 is 0 Å². The number of ether oxygens (including phenoxy) is 1. The van der Waals surface area contributed by atoms with E-state index in [2.05, 4.69) is 46.8 Å². The molecule has 1 aliphatic heterocycles. The predicted molar refractivity (Wildman–Crippen MR) is 127 cm³/mol. The van der Waals surface area contributed by atoms with Gasteiger partial charge < -0.3 is 20.3 Å². The molecule has 1 saturated heterocycles. The van der Waals surface area contributed by atoms with Crippen molar-refractivity contribution in [2.45, 2.75) is 52.1 Å². The van der Waals surface area contributed by atoms with Gasteiger partial charge >= 0.3 is 0 Å². The van der Waals surface area contributed by atoms with Crippen molar-refractivity contribution in [3.8, 4) is 0 Å². The number of hydrogen-bond donors (Lipinski definition) is 2. The Kier molecular flexibility index (Phi) is 10.8. The molecule has 1 saturated carbocycles. The van der Waals surface area contributed by atoms with E-state index in [4.69, 9.17) is 4.74 Å². The number of aliphatic imine (C=N–C) groups is 1. The number of likely N-dealkylation sites (tertiary alicyclic amines) is 1. The van der Waals surface area contributed by atoms with Gasteiger partial charge in [0.15, 0.2) is 5.96 Å². The third kappa shape index (κ3) is 8.90. The molecule has 3 rings (SSSR count). The monoisotopic (exact) mass is 514 g/mol. The van der Waals surface area contributed by atoms with Crippen molar-refractivity contribution in [3.05, 3.63) is 35.4 Å². The summed E-state index contributed by atoms with van der Waals surface area (Å²) in [7, 11) is 0. The van der Waals surface area contributed by atoms with Gasteiger partial charge in [0.05, 0.1) is 6.54 Å². The molecule has 7 heteroatoms. The van der Waals surface area contributed by atoms with E-state index in [9.17, 15) is 4.79 Å². The molecule has 2 fully saturated rings. The first-order valence-electron chi connectivity index (χ1n) is 10.7. The summed E-state index contributed by atoms with van der Waals surface area (Å²) in [6.45, 7) is 7.75. The molecule has 0 radical (unpaired) electrons. The molecule has 0 bridgehead atoms. The largest absolute Gasteiger partial charge is 0.381 e. The lowest BCUT2D eigenvalue weighted by Gasteiger charge is -2.15. The van der Waals surface area contributed by atoms with E-state index in [0.29, 0.717) is 13.0 Å². The van der Waals surface area contributed by atoms with Crippen molar-refractivity contribution < 1.29 is 9.53 Å². The van der Waals surface area contributed by atoms with Gasteiger partial charge in [-0.2, -0.15) is 0 Å². The minimum absolute atomic E-state index is 0. The van der Waals surface area contributed by atoms with Crippen molar-refractivity contribution in [3.63, 3.8) is 0 Å². The average molecular weight is 514 g/mol. The maximum Gasteiger partial charge on any atom is 0.222 e. The van der Waals surface area contributed by atoms with E-state index in [1.165, 1.54) is 24.0 Å². The number of carbonyl (C=O) groups is 1. The zero-order chi connectivity index (χ0) is 19.6. The van der Waals surface area contributed by atoms with Crippen LogP contribution in [0.4, 0.5) is 0 Å². The number of carbonyl (C=O) groups excluding carboxylic acids is 1. The molecule has 1 aliphatic carbocycles. The molecule has 0 aromatic heterocycles. The predicted octanol–water partition coefficient (Wildman–Crippen LogP) is 3.30. The fraction of sp³-hybridized carbons (Fsp3) is 0.636. The molecule has 162 valence electrons. The Balaban J connectivity index is 0.00000300. The Morgan fingerprint density at radius 3 is 2.62 bits per heavy atom. The van der Waals surface area contributed by atoms with Gasteiger partial charge in [0, 0.05) is 45.8 Å². The number of nitrogens with zero attached hydrogens (tertiary/aromatic N) is 2. The topological polar surface area (TPSA) is 66.0 Å². The molecule has 0 spiro atoms. The van der Waals surface area contributed by atoms with Gasteiger partial charge in [-0.15, -0.1) is 24.0 Å². The Bertz CT molecular complexity index is 647. The van der Waals surface area contributed by atoms with Crippen LogP contribution in [0.5, 0.6) is 0 Å². The summed E-state index contributed by atoms with van der Waals surface area (Å²) in [6.07, 6.45) is 5.35. The van der Waals surface area contributed by atoms with E-state index in [1.54, 1.807) is 0 Å². The van der Waals surface area contributed by atoms with E-state index in [-0.39, 0.29) is 29.9 Å². The molecule has 6 nitrogen and oxygen atoms in total. The van der Waals surface area contributed by atoms with Crippen molar-refractivity contribution >= 4 is 35.8 Å².